The summed E-state index contributed by atoms with van der Waals surface area (Å²) in [5.41, 5.74) is 1.13. The van der Waals surface area contributed by atoms with Crippen LogP contribution in [0.5, 0.6) is 17.4 Å². The van der Waals surface area contributed by atoms with Gasteiger partial charge >= 0.3 is 0 Å². The lowest BCUT2D eigenvalue weighted by Gasteiger charge is -2.25. The molecule has 1 aromatic heterocycles. The van der Waals surface area contributed by atoms with Crippen LogP contribution < -0.4 is 19.5 Å². The van der Waals surface area contributed by atoms with Gasteiger partial charge in [-0.25, -0.2) is 13.8 Å². The number of methoxy groups -OCH3 is 2. The Morgan fingerprint density at radius 2 is 1.91 bits per heavy atom. The second kappa shape index (κ2) is 13.1. The maximum absolute atomic E-state index is 14.3. The monoisotopic (exact) mass is 594 g/mol. The van der Waals surface area contributed by atoms with Gasteiger partial charge in [0.2, 0.25) is 17.7 Å². The summed E-state index contributed by atoms with van der Waals surface area (Å²) in [4.78, 5) is 47.0. The fourth-order valence-corrected chi connectivity index (χ4v) is 5.42. The van der Waals surface area contributed by atoms with E-state index in [4.69, 9.17) is 14.2 Å². The predicted molar refractivity (Wildman–Crippen MR) is 151 cm³/mol. The number of hydrogen-bond acceptors (Lipinski definition) is 7. The third-order valence-corrected chi connectivity index (χ3v) is 7.65. The van der Waals surface area contributed by atoms with Crippen molar-refractivity contribution in [2.24, 2.45) is 0 Å². The molecule has 1 saturated heterocycles. The number of rotatable bonds is 5. The van der Waals surface area contributed by atoms with Gasteiger partial charge in [-0.2, -0.15) is 0 Å². The highest BCUT2D eigenvalue weighted by molar-refractivity contribution is 5.94. The summed E-state index contributed by atoms with van der Waals surface area (Å²) in [7, 11) is 3.02. The first kappa shape index (κ1) is 29.7. The van der Waals surface area contributed by atoms with Crippen LogP contribution in [0, 0.1) is 11.6 Å². The zero-order chi connectivity index (χ0) is 30.5. The lowest BCUT2D eigenvalue weighted by Crippen LogP contribution is -2.47. The number of nitrogens with one attached hydrogen (secondary N) is 1. The minimum absolute atomic E-state index is 0.0941. The van der Waals surface area contributed by atoms with Crippen LogP contribution in [-0.2, 0) is 16.0 Å². The van der Waals surface area contributed by atoms with Gasteiger partial charge in [-0.05, 0) is 36.2 Å². The molecule has 2 aliphatic heterocycles. The summed E-state index contributed by atoms with van der Waals surface area (Å²) in [6.45, 7) is 0.586. The van der Waals surface area contributed by atoms with E-state index in [1.807, 2.05) is 12.1 Å². The van der Waals surface area contributed by atoms with Gasteiger partial charge in [0.1, 0.15) is 0 Å². The molecule has 3 amide bonds. The molecule has 2 aliphatic rings. The molecule has 1 N–H and O–H groups in total. The van der Waals surface area contributed by atoms with Gasteiger partial charge in [0.05, 0.1) is 45.4 Å². The number of nitrogens with zero attached hydrogens (tertiary/aromatic N) is 3. The first-order valence-corrected chi connectivity index (χ1v) is 13.9. The van der Waals surface area contributed by atoms with Crippen LogP contribution in [-0.4, -0.2) is 85.6 Å². The first-order valence-electron chi connectivity index (χ1n) is 13.9. The van der Waals surface area contributed by atoms with Gasteiger partial charge in [0.15, 0.2) is 23.1 Å². The average molecular weight is 595 g/mol. The van der Waals surface area contributed by atoms with E-state index in [0.29, 0.717) is 35.9 Å². The zero-order valence-electron chi connectivity index (χ0n) is 23.8. The van der Waals surface area contributed by atoms with Crippen LogP contribution in [0.4, 0.5) is 8.78 Å². The summed E-state index contributed by atoms with van der Waals surface area (Å²) < 4.78 is 44.6. The Hall–Kier alpha value is -4.74. The molecule has 0 unspecified atom stereocenters. The molecule has 0 aliphatic carbocycles. The third-order valence-electron chi connectivity index (χ3n) is 7.65. The molecule has 2 atom stereocenters. The van der Waals surface area contributed by atoms with Crippen LogP contribution in [0.1, 0.15) is 33.8 Å². The lowest BCUT2D eigenvalue weighted by atomic mass is 9.94. The Morgan fingerprint density at radius 1 is 1.07 bits per heavy atom. The number of ether oxygens (including phenoxy) is 3. The molecule has 3 aromatic rings. The highest BCUT2D eigenvalue weighted by Crippen LogP contribution is 2.35. The summed E-state index contributed by atoms with van der Waals surface area (Å²) >= 11 is 0. The van der Waals surface area contributed by atoms with E-state index in [0.717, 1.165) is 11.6 Å². The van der Waals surface area contributed by atoms with Gasteiger partial charge in [-0.1, -0.05) is 18.2 Å². The van der Waals surface area contributed by atoms with Crippen LogP contribution in [0.25, 0.3) is 0 Å². The molecule has 0 spiro atoms. The van der Waals surface area contributed by atoms with Gasteiger partial charge in [0.25, 0.3) is 5.91 Å². The van der Waals surface area contributed by atoms with E-state index in [1.165, 1.54) is 37.4 Å². The number of hydrogen-bond donors (Lipinski definition) is 1. The SMILES string of the molecule is COc1ccc(C(=O)N2C[C@@H]3NC(=O)CN(C(=O)Cc4cccc(F)c4F)CCCOc4cc(ccc4OC)[C@H]3C2)cn1. The Labute approximate surface area is 247 Å². The Balaban J connectivity index is 1.40. The molecule has 0 saturated carbocycles. The highest BCUT2D eigenvalue weighted by atomic mass is 19.2. The van der Waals surface area contributed by atoms with Crippen molar-refractivity contribution in [2.45, 2.75) is 24.8 Å². The van der Waals surface area contributed by atoms with Crippen LogP contribution in [0.15, 0.2) is 54.7 Å². The maximum atomic E-state index is 14.3. The molecule has 2 aromatic carbocycles. The number of pyridine rings is 1. The molecule has 3 heterocycles. The van der Waals surface area contributed by atoms with Crippen molar-refractivity contribution >= 4 is 17.7 Å². The fourth-order valence-electron chi connectivity index (χ4n) is 5.42. The summed E-state index contributed by atoms with van der Waals surface area (Å²) in [6, 6.07) is 11.9. The molecule has 10 nitrogen and oxygen atoms in total. The smallest absolute Gasteiger partial charge is 0.255 e. The van der Waals surface area contributed by atoms with Crippen molar-refractivity contribution in [3.63, 3.8) is 0 Å². The average Bonchev–Trinajstić information content (AvgIpc) is 3.43. The molecular formula is C31H32F2N4O6. The van der Waals surface area contributed by atoms with E-state index in [1.54, 1.807) is 23.1 Å². The quantitative estimate of drug-likeness (QED) is 0.484. The molecule has 2 bridgehead atoms. The molecule has 12 heteroatoms. The minimum atomic E-state index is -1.09. The van der Waals surface area contributed by atoms with Crippen molar-refractivity contribution in [1.82, 2.24) is 20.1 Å². The standard InChI is InChI=1S/C31H32F2N4O6/c1-41-25-9-7-19-13-26(25)43-12-4-11-36(29(39)14-20-5-3-6-23(32)30(20)33)18-27(38)35-24-17-37(16-22(19)24)31(40)21-8-10-28(42-2)34-15-21/h3,5-10,13,15,22,24H,4,11-12,14,16-18H2,1-2H3,(H,35,38)/t22-,24+/m1/s1. The van der Waals surface area contributed by atoms with Crippen LogP contribution in [0.3, 0.4) is 0 Å². The second-order valence-corrected chi connectivity index (χ2v) is 10.4. The van der Waals surface area contributed by atoms with Crippen molar-refractivity contribution in [1.29, 1.82) is 0 Å². The van der Waals surface area contributed by atoms with Crippen LogP contribution >= 0.6 is 0 Å². The summed E-state index contributed by atoms with van der Waals surface area (Å²) in [5.74, 6) is -2.25. The highest BCUT2D eigenvalue weighted by Gasteiger charge is 2.38. The number of likely N-dealkylation sites (tertiary alicyclic amines) is 1. The normalized spacial score (nSPS) is 18.7. The number of benzene rings is 2. The molecule has 43 heavy (non-hydrogen) atoms. The van der Waals surface area contributed by atoms with E-state index >= 15 is 0 Å². The second-order valence-electron chi connectivity index (χ2n) is 10.4. The van der Waals surface area contributed by atoms with Gasteiger partial charge in [0, 0.05) is 43.4 Å². The Morgan fingerprint density at radius 3 is 2.65 bits per heavy atom. The lowest BCUT2D eigenvalue weighted by molar-refractivity contribution is -0.136. The summed E-state index contributed by atoms with van der Waals surface area (Å²) in [5, 5.41) is 3.01. The first-order chi connectivity index (χ1) is 20.8. The van der Waals surface area contributed by atoms with Crippen molar-refractivity contribution in [2.75, 3.05) is 47.0 Å². The van der Waals surface area contributed by atoms with Crippen LogP contribution in [0.2, 0.25) is 0 Å². The summed E-state index contributed by atoms with van der Waals surface area (Å²) in [6.07, 6.45) is 1.41. The topological polar surface area (TPSA) is 110 Å². The number of halogens is 2. The van der Waals surface area contributed by atoms with Crippen molar-refractivity contribution in [3.8, 4) is 17.4 Å². The number of aromatic nitrogens is 1. The number of amides is 3. The van der Waals surface area contributed by atoms with E-state index in [2.05, 4.69) is 10.3 Å². The van der Waals surface area contributed by atoms with E-state index in [-0.39, 0.29) is 43.6 Å². The number of carbonyl (C=O) groups is 3. The van der Waals surface area contributed by atoms with Gasteiger partial charge in [-0.3, -0.25) is 14.4 Å². The zero-order valence-corrected chi connectivity index (χ0v) is 23.8. The number of fused-ring (bicyclic) bond motifs is 4. The van der Waals surface area contributed by atoms with Gasteiger partial charge < -0.3 is 29.3 Å². The van der Waals surface area contributed by atoms with Crippen molar-refractivity contribution < 1.29 is 37.4 Å². The van der Waals surface area contributed by atoms with E-state index < -0.39 is 35.9 Å². The fraction of sp³-hybridized carbons (Fsp3) is 0.355. The van der Waals surface area contributed by atoms with Gasteiger partial charge in [-0.15, -0.1) is 0 Å². The van der Waals surface area contributed by atoms with E-state index in [9.17, 15) is 23.2 Å². The maximum Gasteiger partial charge on any atom is 0.255 e. The molecule has 226 valence electrons. The third kappa shape index (κ3) is 6.68. The Kier molecular flexibility index (Phi) is 9.03. The predicted octanol–water partition coefficient (Wildman–Crippen LogP) is 2.96. The Bertz CT molecular complexity index is 1500. The largest absolute Gasteiger partial charge is 0.493 e. The molecule has 0 radical (unpaired) electrons. The van der Waals surface area contributed by atoms with Crippen molar-refractivity contribution in [3.05, 3.63) is 83.1 Å². The molecule has 1 fully saturated rings. The number of carbonyl (C=O) groups excluding carboxylic acids is 3. The molecule has 5 rings (SSSR count). The minimum Gasteiger partial charge on any atom is -0.493 e. The molecular weight excluding hydrogens is 562 g/mol.